The van der Waals surface area contributed by atoms with E-state index >= 15 is 0 Å². The van der Waals surface area contributed by atoms with Gasteiger partial charge in [0.15, 0.2) is 12.4 Å². The zero-order chi connectivity index (χ0) is 25.1. The highest BCUT2D eigenvalue weighted by Gasteiger charge is 2.18. The van der Waals surface area contributed by atoms with E-state index in [1.165, 1.54) is 5.56 Å². The lowest BCUT2D eigenvalue weighted by Crippen LogP contribution is -2.15. The Hall–Kier alpha value is -4.57. The molecule has 5 rings (SSSR count). The number of nitrogens with zero attached hydrogens (tertiary/aromatic N) is 1. The number of rotatable bonds is 6. The fraction of sp³-hybridized carbons (Fsp3) is 0.0938. The second kappa shape index (κ2) is 9.96. The quantitative estimate of drug-likeness (QED) is 0.194. The van der Waals surface area contributed by atoms with Crippen LogP contribution in [0.5, 0.6) is 0 Å². The summed E-state index contributed by atoms with van der Waals surface area (Å²) in [5, 5.41) is 0.701. The van der Waals surface area contributed by atoms with Gasteiger partial charge >= 0.3 is 5.97 Å². The number of esters is 1. The molecule has 0 unspecified atom stereocenters. The molecule has 0 aliphatic rings. The molecule has 176 valence electrons. The molecule has 0 bridgehead atoms. The molecule has 0 aliphatic heterocycles. The standard InChI is InChI=1S/C32H25NO3/c1-21-11-13-23(14-12-21)24-15-17-25(18-16-24)29-19-28(27-10-6-7-22(2)31(27)33-29)32(35)36-20-30(34)26-8-4-3-5-9-26/h3-19H,20H2,1-2H3. The molecule has 1 aromatic heterocycles. The van der Waals surface area contributed by atoms with Gasteiger partial charge < -0.3 is 4.74 Å². The largest absolute Gasteiger partial charge is 0.454 e. The summed E-state index contributed by atoms with van der Waals surface area (Å²) in [7, 11) is 0. The predicted molar refractivity (Wildman–Crippen MR) is 143 cm³/mol. The van der Waals surface area contributed by atoms with Crippen LogP contribution in [0.1, 0.15) is 31.8 Å². The van der Waals surface area contributed by atoms with Gasteiger partial charge in [-0.05, 0) is 36.6 Å². The average molecular weight is 472 g/mol. The number of pyridine rings is 1. The van der Waals surface area contributed by atoms with Gasteiger partial charge in [0.05, 0.1) is 16.8 Å². The molecular weight excluding hydrogens is 446 g/mol. The summed E-state index contributed by atoms with van der Waals surface area (Å²) in [6, 6.07) is 32.8. The van der Waals surface area contributed by atoms with Crippen molar-refractivity contribution in [1.82, 2.24) is 4.98 Å². The fourth-order valence-corrected chi connectivity index (χ4v) is 4.20. The monoisotopic (exact) mass is 471 g/mol. The number of fused-ring (bicyclic) bond motifs is 1. The van der Waals surface area contributed by atoms with Crippen molar-refractivity contribution in [1.29, 1.82) is 0 Å². The maximum atomic E-state index is 13.2. The average Bonchev–Trinajstić information content (AvgIpc) is 2.92. The maximum Gasteiger partial charge on any atom is 0.339 e. The van der Waals surface area contributed by atoms with Crippen molar-refractivity contribution in [3.05, 3.63) is 125 Å². The maximum absolute atomic E-state index is 13.2. The van der Waals surface area contributed by atoms with Crippen LogP contribution >= 0.6 is 0 Å². The Morgan fingerprint density at radius 2 is 1.36 bits per heavy atom. The van der Waals surface area contributed by atoms with E-state index in [1.54, 1.807) is 30.3 Å². The summed E-state index contributed by atoms with van der Waals surface area (Å²) in [6.45, 7) is 3.72. The molecule has 0 aliphatic carbocycles. The first-order valence-electron chi connectivity index (χ1n) is 11.8. The number of benzene rings is 4. The fourth-order valence-electron chi connectivity index (χ4n) is 4.20. The number of carbonyl (C=O) groups is 2. The number of aromatic nitrogens is 1. The first-order valence-corrected chi connectivity index (χ1v) is 11.8. The van der Waals surface area contributed by atoms with Crippen LogP contribution in [0.3, 0.4) is 0 Å². The van der Waals surface area contributed by atoms with Crippen molar-refractivity contribution in [3.63, 3.8) is 0 Å². The minimum Gasteiger partial charge on any atom is -0.454 e. The van der Waals surface area contributed by atoms with Crippen molar-refractivity contribution in [2.24, 2.45) is 0 Å². The van der Waals surface area contributed by atoms with Crippen LogP contribution in [0, 0.1) is 13.8 Å². The lowest BCUT2D eigenvalue weighted by Gasteiger charge is -2.12. The van der Waals surface area contributed by atoms with E-state index in [4.69, 9.17) is 9.72 Å². The number of Topliss-reactive ketones (excluding diaryl/α,β-unsaturated/α-hetero) is 1. The van der Waals surface area contributed by atoms with Crippen LogP contribution in [0.4, 0.5) is 0 Å². The van der Waals surface area contributed by atoms with Crippen LogP contribution in [0.2, 0.25) is 0 Å². The third kappa shape index (κ3) is 4.80. The molecule has 36 heavy (non-hydrogen) atoms. The summed E-state index contributed by atoms with van der Waals surface area (Å²) < 4.78 is 5.45. The van der Waals surface area contributed by atoms with Crippen LogP contribution in [-0.2, 0) is 4.74 Å². The molecule has 0 radical (unpaired) electrons. The predicted octanol–water partition coefficient (Wildman–Crippen LogP) is 7.23. The second-order valence-corrected chi connectivity index (χ2v) is 8.83. The summed E-state index contributed by atoms with van der Waals surface area (Å²) in [6.07, 6.45) is 0. The summed E-state index contributed by atoms with van der Waals surface area (Å²) in [4.78, 5) is 30.5. The third-order valence-corrected chi connectivity index (χ3v) is 6.26. The van der Waals surface area contributed by atoms with Crippen LogP contribution in [0.15, 0.2) is 103 Å². The molecule has 5 aromatic rings. The molecule has 4 aromatic carbocycles. The number of hydrogen-bond donors (Lipinski definition) is 0. The number of aryl methyl sites for hydroxylation is 2. The molecule has 0 saturated heterocycles. The molecule has 0 N–H and O–H groups in total. The van der Waals surface area contributed by atoms with E-state index in [-0.39, 0.29) is 12.4 Å². The molecule has 1 heterocycles. The van der Waals surface area contributed by atoms with Gasteiger partial charge in [0.25, 0.3) is 0 Å². The SMILES string of the molecule is Cc1ccc(-c2ccc(-c3cc(C(=O)OCC(=O)c4ccccc4)c4cccc(C)c4n3)cc2)cc1. The minimum atomic E-state index is -0.546. The normalized spacial score (nSPS) is 10.8. The Kier molecular flexibility index (Phi) is 6.42. The molecular formula is C32H25NO3. The smallest absolute Gasteiger partial charge is 0.339 e. The van der Waals surface area contributed by atoms with Gasteiger partial charge in [0, 0.05) is 16.5 Å². The first kappa shape index (κ1) is 23.2. The van der Waals surface area contributed by atoms with Gasteiger partial charge in [-0.2, -0.15) is 0 Å². The van der Waals surface area contributed by atoms with Crippen molar-refractivity contribution >= 4 is 22.7 Å². The Morgan fingerprint density at radius 3 is 2.06 bits per heavy atom. The van der Waals surface area contributed by atoms with Crippen molar-refractivity contribution in [2.45, 2.75) is 13.8 Å². The second-order valence-electron chi connectivity index (χ2n) is 8.83. The zero-order valence-electron chi connectivity index (χ0n) is 20.2. The molecule has 0 amide bonds. The molecule has 0 spiro atoms. The third-order valence-electron chi connectivity index (χ3n) is 6.26. The Balaban J connectivity index is 1.47. The van der Waals surface area contributed by atoms with Crippen molar-refractivity contribution in [3.8, 4) is 22.4 Å². The van der Waals surface area contributed by atoms with Crippen LogP contribution in [0.25, 0.3) is 33.3 Å². The molecule has 4 heteroatoms. The number of ketones is 1. The van der Waals surface area contributed by atoms with Gasteiger partial charge in [0.1, 0.15) is 0 Å². The van der Waals surface area contributed by atoms with Crippen molar-refractivity contribution in [2.75, 3.05) is 6.61 Å². The zero-order valence-corrected chi connectivity index (χ0v) is 20.2. The highest BCUT2D eigenvalue weighted by molar-refractivity contribution is 6.06. The van der Waals surface area contributed by atoms with Crippen LogP contribution in [-0.4, -0.2) is 23.3 Å². The first-order chi connectivity index (χ1) is 17.5. The summed E-state index contributed by atoms with van der Waals surface area (Å²) in [5.41, 5.74) is 7.63. The number of hydrogen-bond acceptors (Lipinski definition) is 4. The highest BCUT2D eigenvalue weighted by Crippen LogP contribution is 2.29. The van der Waals surface area contributed by atoms with Crippen molar-refractivity contribution < 1.29 is 14.3 Å². The van der Waals surface area contributed by atoms with Gasteiger partial charge in [0.2, 0.25) is 0 Å². The van der Waals surface area contributed by atoms with E-state index < -0.39 is 5.97 Å². The van der Waals surface area contributed by atoms with Gasteiger partial charge in [-0.3, -0.25) is 4.79 Å². The molecule has 0 fully saturated rings. The van der Waals surface area contributed by atoms with E-state index in [9.17, 15) is 9.59 Å². The van der Waals surface area contributed by atoms with Crippen LogP contribution < -0.4 is 0 Å². The molecule has 4 nitrogen and oxygen atoms in total. The van der Waals surface area contributed by atoms with Gasteiger partial charge in [-0.25, -0.2) is 9.78 Å². The number of ether oxygens (including phenoxy) is 1. The highest BCUT2D eigenvalue weighted by atomic mass is 16.5. The van der Waals surface area contributed by atoms with E-state index in [2.05, 4.69) is 43.3 Å². The summed E-state index contributed by atoms with van der Waals surface area (Å²) in [5.74, 6) is -0.791. The van der Waals surface area contributed by atoms with E-state index in [0.29, 0.717) is 22.2 Å². The molecule has 0 saturated carbocycles. The molecule has 0 atom stereocenters. The Bertz CT molecular complexity index is 1550. The van der Waals surface area contributed by atoms with Gasteiger partial charge in [-0.1, -0.05) is 103 Å². The number of carbonyl (C=O) groups excluding carboxylic acids is 2. The Morgan fingerprint density at radius 1 is 0.722 bits per heavy atom. The topological polar surface area (TPSA) is 56.3 Å². The Labute approximate surface area is 210 Å². The van der Waals surface area contributed by atoms with Gasteiger partial charge in [-0.15, -0.1) is 0 Å². The van der Waals surface area contributed by atoms with E-state index in [0.717, 1.165) is 27.8 Å². The summed E-state index contributed by atoms with van der Waals surface area (Å²) >= 11 is 0. The van der Waals surface area contributed by atoms with E-state index in [1.807, 2.05) is 43.3 Å². The lowest BCUT2D eigenvalue weighted by molar-refractivity contribution is 0.0476. The minimum absolute atomic E-state index is 0.245. The number of para-hydroxylation sites is 1. The lowest BCUT2D eigenvalue weighted by atomic mass is 9.99.